The number of anilines is 5. The average molecular weight is 470 g/mol. The van der Waals surface area contributed by atoms with Crippen LogP contribution in [0.4, 0.5) is 29.0 Å². The molecule has 3 aromatic heterocycles. The molecule has 2 aliphatic rings. The first-order chi connectivity index (χ1) is 17.0. The molecule has 11 heteroatoms. The number of H-pyrrole nitrogens is 1. The van der Waals surface area contributed by atoms with E-state index < -0.39 is 5.76 Å². The third-order valence-corrected chi connectivity index (χ3v) is 6.68. The van der Waals surface area contributed by atoms with Crippen LogP contribution in [0.5, 0.6) is 0 Å². The first-order valence-electron chi connectivity index (χ1n) is 11.3. The average Bonchev–Trinajstić information content (AvgIpc) is 3.53. The number of fused-ring (bicyclic) bond motifs is 3. The Morgan fingerprint density at radius 2 is 2.03 bits per heavy atom. The Labute approximate surface area is 200 Å². The molecule has 35 heavy (non-hydrogen) atoms. The summed E-state index contributed by atoms with van der Waals surface area (Å²) in [6.45, 7) is 3.79. The Balaban J connectivity index is 1.23. The topological polar surface area (TPSA) is 139 Å². The van der Waals surface area contributed by atoms with Gasteiger partial charge >= 0.3 is 5.76 Å². The number of hydrogen-bond acceptors (Lipinski definition) is 10. The molecule has 0 unspecified atom stereocenters. The van der Waals surface area contributed by atoms with Gasteiger partial charge in [-0.25, -0.2) is 14.8 Å². The Bertz CT molecular complexity index is 1530. The van der Waals surface area contributed by atoms with Gasteiger partial charge in [0.25, 0.3) is 0 Å². The van der Waals surface area contributed by atoms with Crippen molar-refractivity contribution < 1.29 is 4.42 Å². The van der Waals surface area contributed by atoms with E-state index in [1.54, 1.807) is 36.7 Å². The van der Waals surface area contributed by atoms with Gasteiger partial charge in [0, 0.05) is 42.6 Å². The van der Waals surface area contributed by atoms with Crippen molar-refractivity contribution in [1.82, 2.24) is 24.8 Å². The van der Waals surface area contributed by atoms with Gasteiger partial charge in [0.2, 0.25) is 5.95 Å². The van der Waals surface area contributed by atoms with Crippen LogP contribution in [0, 0.1) is 18.3 Å². The number of aryl methyl sites for hydroxylation is 1. The minimum Gasteiger partial charge on any atom is -0.408 e. The number of benzene rings is 1. The van der Waals surface area contributed by atoms with Crippen LogP contribution < -0.4 is 21.3 Å². The molecule has 2 fully saturated rings. The first kappa shape index (κ1) is 21.1. The zero-order valence-electron chi connectivity index (χ0n) is 19.2. The summed E-state index contributed by atoms with van der Waals surface area (Å²) in [4.78, 5) is 32.3. The molecule has 176 valence electrons. The Morgan fingerprint density at radius 3 is 2.80 bits per heavy atom. The molecular weight excluding hydrogens is 446 g/mol. The van der Waals surface area contributed by atoms with Crippen LogP contribution in [0.25, 0.3) is 11.1 Å². The molecule has 11 nitrogen and oxygen atoms in total. The normalized spacial score (nSPS) is 19.3. The number of likely N-dealkylation sites (N-methyl/N-ethyl adjacent to an activating group) is 1. The van der Waals surface area contributed by atoms with E-state index in [0.29, 0.717) is 46.2 Å². The minimum absolute atomic E-state index is 0.371. The molecule has 0 saturated carbocycles. The summed E-state index contributed by atoms with van der Waals surface area (Å²) in [5.41, 5.74) is 3.83. The third kappa shape index (κ3) is 3.83. The maximum Gasteiger partial charge on any atom is 0.417 e. The fourth-order valence-electron chi connectivity index (χ4n) is 4.89. The van der Waals surface area contributed by atoms with Gasteiger partial charge in [-0.1, -0.05) is 0 Å². The number of nitrogens with zero attached hydrogens (tertiary/aromatic N) is 6. The number of pyridine rings is 1. The van der Waals surface area contributed by atoms with Gasteiger partial charge in [0.1, 0.15) is 17.7 Å². The molecule has 3 N–H and O–H groups in total. The molecular formula is C24H23N9O2. The number of likely N-dealkylation sites (tertiary alicyclic amines) is 1. The maximum absolute atomic E-state index is 11.4. The second-order valence-electron chi connectivity index (χ2n) is 9.04. The highest BCUT2D eigenvalue weighted by atomic mass is 16.4. The van der Waals surface area contributed by atoms with Crippen LogP contribution in [0.1, 0.15) is 17.5 Å². The third-order valence-electron chi connectivity index (χ3n) is 6.68. The monoisotopic (exact) mass is 469 g/mol. The molecule has 5 heterocycles. The van der Waals surface area contributed by atoms with Gasteiger partial charge in [-0.05, 0) is 44.7 Å². The van der Waals surface area contributed by atoms with Crippen LogP contribution in [-0.4, -0.2) is 57.1 Å². The fourth-order valence-corrected chi connectivity index (χ4v) is 4.89. The van der Waals surface area contributed by atoms with Crippen molar-refractivity contribution in [2.45, 2.75) is 25.4 Å². The summed E-state index contributed by atoms with van der Waals surface area (Å²) in [7, 11) is 2.15. The summed E-state index contributed by atoms with van der Waals surface area (Å²) in [5.74, 6) is 1.22. The molecule has 6 rings (SSSR count). The number of hydrogen-bond donors (Lipinski definition) is 3. The zero-order valence-corrected chi connectivity index (χ0v) is 19.2. The molecule has 2 atom stereocenters. The lowest BCUT2D eigenvalue weighted by atomic mass is 10.2. The first-order valence-corrected chi connectivity index (χ1v) is 11.3. The SMILES string of the molecule is Cc1cnc(Nc2cnc(N3C[C@@H]4C[C@H]3CN4C)c(C#N)c2)nc1Nc1ccc2oc(=O)[nH]c2c1. The van der Waals surface area contributed by atoms with Gasteiger partial charge in [0.05, 0.1) is 23.0 Å². The van der Waals surface area contributed by atoms with Crippen molar-refractivity contribution in [2.24, 2.45) is 0 Å². The molecule has 0 aliphatic carbocycles. The lowest BCUT2D eigenvalue weighted by Crippen LogP contribution is -2.45. The predicted octanol–water partition coefficient (Wildman–Crippen LogP) is 2.87. The van der Waals surface area contributed by atoms with Crippen molar-refractivity contribution in [1.29, 1.82) is 5.26 Å². The number of nitrogens with one attached hydrogen (secondary N) is 3. The van der Waals surface area contributed by atoms with E-state index in [1.807, 2.05) is 6.92 Å². The van der Waals surface area contributed by atoms with Gasteiger partial charge in [-0.3, -0.25) is 9.88 Å². The van der Waals surface area contributed by atoms with Gasteiger partial charge in [-0.15, -0.1) is 0 Å². The van der Waals surface area contributed by atoms with Crippen LogP contribution >= 0.6 is 0 Å². The van der Waals surface area contributed by atoms with Crippen LogP contribution in [-0.2, 0) is 0 Å². The standard InChI is InChI=1S/C24H23N9O2/c1-13-9-27-23(31-21(13)28-15-3-4-20-19(6-15)30-24(34)35-20)29-16-5-14(8-25)22(26-10-16)33-12-17-7-18(33)11-32(17)2/h3-6,9-10,17-18H,7,11-12H2,1-2H3,(H,30,34)(H2,27,28,29,31)/t17-,18-/m0/s1. The lowest BCUT2D eigenvalue weighted by molar-refractivity contribution is 0.292. The Morgan fingerprint density at radius 1 is 1.14 bits per heavy atom. The predicted molar refractivity (Wildman–Crippen MR) is 131 cm³/mol. The number of piperazine rings is 1. The molecule has 4 aromatic rings. The van der Waals surface area contributed by atoms with E-state index in [0.717, 1.165) is 36.6 Å². The van der Waals surface area contributed by atoms with Gasteiger partial charge in [0.15, 0.2) is 5.58 Å². The number of aromatic nitrogens is 4. The highest BCUT2D eigenvalue weighted by Gasteiger charge is 2.42. The fraction of sp³-hybridized carbons (Fsp3) is 0.292. The quantitative estimate of drug-likeness (QED) is 0.400. The van der Waals surface area contributed by atoms with Crippen molar-refractivity contribution in [3.05, 3.63) is 58.3 Å². The summed E-state index contributed by atoms with van der Waals surface area (Å²) in [6, 6.07) is 10.3. The molecule has 1 aromatic carbocycles. The second-order valence-corrected chi connectivity index (χ2v) is 9.04. The Hall–Kier alpha value is -4.43. The van der Waals surface area contributed by atoms with E-state index in [1.165, 1.54) is 0 Å². The number of rotatable bonds is 5. The van der Waals surface area contributed by atoms with Crippen molar-refractivity contribution >= 4 is 40.1 Å². The summed E-state index contributed by atoms with van der Waals surface area (Å²) in [6.07, 6.45) is 4.53. The van der Waals surface area contributed by atoms with Crippen LogP contribution in [0.3, 0.4) is 0 Å². The van der Waals surface area contributed by atoms with E-state index in [2.05, 4.69) is 53.5 Å². The molecule has 2 bridgehead atoms. The van der Waals surface area contributed by atoms with E-state index in [9.17, 15) is 10.1 Å². The largest absolute Gasteiger partial charge is 0.417 e. The highest BCUT2D eigenvalue weighted by Crippen LogP contribution is 2.35. The van der Waals surface area contributed by atoms with Crippen molar-refractivity contribution in [3.8, 4) is 6.07 Å². The van der Waals surface area contributed by atoms with E-state index in [-0.39, 0.29) is 0 Å². The zero-order chi connectivity index (χ0) is 24.1. The minimum atomic E-state index is -0.497. The van der Waals surface area contributed by atoms with Gasteiger partial charge in [-0.2, -0.15) is 10.2 Å². The van der Waals surface area contributed by atoms with Crippen LogP contribution in [0.15, 0.2) is 45.9 Å². The van der Waals surface area contributed by atoms with E-state index in [4.69, 9.17) is 4.42 Å². The number of oxazole rings is 1. The smallest absolute Gasteiger partial charge is 0.408 e. The highest BCUT2D eigenvalue weighted by molar-refractivity contribution is 5.78. The summed E-state index contributed by atoms with van der Waals surface area (Å²) in [5, 5.41) is 16.2. The van der Waals surface area contributed by atoms with Crippen LogP contribution in [0.2, 0.25) is 0 Å². The summed E-state index contributed by atoms with van der Waals surface area (Å²) >= 11 is 0. The molecule has 2 aliphatic heterocycles. The number of aromatic amines is 1. The maximum atomic E-state index is 11.4. The van der Waals surface area contributed by atoms with E-state index >= 15 is 0 Å². The Kier molecular flexibility index (Phi) is 4.89. The molecule has 0 radical (unpaired) electrons. The lowest BCUT2D eigenvalue weighted by Gasteiger charge is -2.33. The van der Waals surface area contributed by atoms with Crippen molar-refractivity contribution in [3.63, 3.8) is 0 Å². The second kappa shape index (κ2) is 8.11. The van der Waals surface area contributed by atoms with Crippen molar-refractivity contribution in [2.75, 3.05) is 35.7 Å². The number of nitriles is 1. The molecule has 0 spiro atoms. The molecule has 2 saturated heterocycles. The molecule has 0 amide bonds. The summed E-state index contributed by atoms with van der Waals surface area (Å²) < 4.78 is 5.05. The van der Waals surface area contributed by atoms with Gasteiger partial charge < -0.3 is 20.0 Å².